The zero-order chi connectivity index (χ0) is 18.6. The van der Waals surface area contributed by atoms with Gasteiger partial charge in [-0.15, -0.1) is 11.3 Å². The van der Waals surface area contributed by atoms with E-state index in [1.807, 2.05) is 59.0 Å². The van der Waals surface area contributed by atoms with Gasteiger partial charge in [0, 0.05) is 29.7 Å². The van der Waals surface area contributed by atoms with Gasteiger partial charge in [0.2, 0.25) is 0 Å². The van der Waals surface area contributed by atoms with E-state index in [4.69, 9.17) is 0 Å². The first-order valence-electron chi connectivity index (χ1n) is 8.28. The van der Waals surface area contributed by atoms with Gasteiger partial charge in [0.1, 0.15) is 23.3 Å². The number of anilines is 1. The Labute approximate surface area is 160 Å². The normalized spacial score (nSPS) is 16.3. The molecule has 0 fully saturated rings. The number of allylic oxidation sites excluding steroid dienone is 2. The van der Waals surface area contributed by atoms with Crippen molar-refractivity contribution in [3.8, 4) is 6.07 Å². The summed E-state index contributed by atoms with van der Waals surface area (Å²) in [6.07, 6.45) is 9.87. The van der Waals surface area contributed by atoms with Crippen LogP contribution < -0.4 is 4.90 Å². The number of nitrogens with zero attached hydrogens (tertiary/aromatic N) is 4. The molecule has 4 rings (SSSR count). The summed E-state index contributed by atoms with van der Waals surface area (Å²) in [5.74, 6) is 0. The van der Waals surface area contributed by atoms with E-state index in [9.17, 15) is 10.1 Å². The number of pyridine rings is 2. The van der Waals surface area contributed by atoms with Crippen LogP contribution in [0.4, 0.5) is 5.69 Å². The number of carbonyl (C=O) groups is 1. The summed E-state index contributed by atoms with van der Waals surface area (Å²) in [4.78, 5) is 23.1. The number of carbonyl (C=O) groups excluding carboxylic acids is 1. The van der Waals surface area contributed by atoms with Gasteiger partial charge in [-0.05, 0) is 47.4 Å². The predicted molar refractivity (Wildman–Crippen MR) is 106 cm³/mol. The smallest absolute Gasteiger partial charge is 0.147 e. The number of thiophene rings is 1. The molecule has 0 saturated carbocycles. The van der Waals surface area contributed by atoms with E-state index in [0.29, 0.717) is 4.88 Å². The average Bonchev–Trinajstić information content (AvgIpc) is 3.22. The van der Waals surface area contributed by atoms with E-state index in [-0.39, 0.29) is 0 Å². The van der Waals surface area contributed by atoms with E-state index in [1.165, 1.54) is 11.3 Å². The first-order chi connectivity index (χ1) is 13.3. The van der Waals surface area contributed by atoms with Crippen LogP contribution in [0, 0.1) is 11.3 Å². The lowest BCUT2D eigenvalue weighted by atomic mass is 9.92. The molecule has 130 valence electrons. The second-order valence-electron chi connectivity index (χ2n) is 5.87. The summed E-state index contributed by atoms with van der Waals surface area (Å²) in [6.45, 7) is 0. The highest BCUT2D eigenvalue weighted by atomic mass is 32.1. The summed E-state index contributed by atoms with van der Waals surface area (Å²) in [5, 5.41) is 11.3. The lowest BCUT2D eigenvalue weighted by Gasteiger charge is -2.32. The first-order valence-corrected chi connectivity index (χ1v) is 9.16. The molecule has 3 aromatic rings. The van der Waals surface area contributed by atoms with Gasteiger partial charge in [0.15, 0.2) is 0 Å². The highest BCUT2D eigenvalue weighted by Gasteiger charge is 2.29. The Morgan fingerprint density at radius 2 is 2.11 bits per heavy atom. The number of rotatable bonds is 4. The molecular formula is C21H14N4OS. The van der Waals surface area contributed by atoms with Crippen molar-refractivity contribution in [2.75, 3.05) is 4.90 Å². The van der Waals surface area contributed by atoms with Crippen molar-refractivity contribution in [2.45, 2.75) is 6.04 Å². The zero-order valence-corrected chi connectivity index (χ0v) is 15.0. The topological polar surface area (TPSA) is 69.9 Å². The van der Waals surface area contributed by atoms with Crippen molar-refractivity contribution in [1.29, 1.82) is 5.26 Å². The Morgan fingerprint density at radius 3 is 2.81 bits per heavy atom. The van der Waals surface area contributed by atoms with Gasteiger partial charge in [-0.3, -0.25) is 9.97 Å². The fourth-order valence-electron chi connectivity index (χ4n) is 3.08. The van der Waals surface area contributed by atoms with Gasteiger partial charge >= 0.3 is 0 Å². The molecular weight excluding hydrogens is 356 g/mol. The third-order valence-corrected chi connectivity index (χ3v) is 5.14. The molecule has 0 amide bonds. The number of hydrogen-bond acceptors (Lipinski definition) is 6. The maximum atomic E-state index is 12.1. The van der Waals surface area contributed by atoms with E-state index < -0.39 is 6.04 Å². The molecule has 0 bridgehead atoms. The highest BCUT2D eigenvalue weighted by Crippen LogP contribution is 2.36. The number of aromatic nitrogens is 2. The van der Waals surface area contributed by atoms with Crippen LogP contribution in [0.5, 0.6) is 0 Å². The van der Waals surface area contributed by atoms with E-state index in [2.05, 4.69) is 16.0 Å². The SMILES string of the molecule is N#Cc1sccc1C1=CC(c2ccccn2)=CN(c2cccnc2)C1C=O. The Morgan fingerprint density at radius 1 is 1.19 bits per heavy atom. The average molecular weight is 370 g/mol. The summed E-state index contributed by atoms with van der Waals surface area (Å²) < 4.78 is 0. The highest BCUT2D eigenvalue weighted by molar-refractivity contribution is 7.10. The Balaban J connectivity index is 1.91. The molecule has 0 radical (unpaired) electrons. The molecule has 0 aliphatic carbocycles. The van der Waals surface area contributed by atoms with Crippen molar-refractivity contribution in [3.05, 3.63) is 88.8 Å². The van der Waals surface area contributed by atoms with Crippen LogP contribution in [0.3, 0.4) is 0 Å². The molecule has 1 aliphatic rings. The minimum Gasteiger partial charge on any atom is -0.332 e. The van der Waals surface area contributed by atoms with Crippen LogP contribution in [-0.2, 0) is 4.79 Å². The van der Waals surface area contributed by atoms with Gasteiger partial charge in [0.05, 0.1) is 17.6 Å². The minimum atomic E-state index is -0.552. The van der Waals surface area contributed by atoms with Crippen LogP contribution in [0.1, 0.15) is 16.1 Å². The lowest BCUT2D eigenvalue weighted by molar-refractivity contribution is -0.107. The van der Waals surface area contributed by atoms with Crippen molar-refractivity contribution in [2.24, 2.45) is 0 Å². The van der Waals surface area contributed by atoms with E-state index in [1.54, 1.807) is 18.6 Å². The Kier molecular flexibility index (Phi) is 4.60. The summed E-state index contributed by atoms with van der Waals surface area (Å²) in [7, 11) is 0. The van der Waals surface area contributed by atoms with E-state index in [0.717, 1.165) is 34.4 Å². The van der Waals surface area contributed by atoms with Crippen LogP contribution in [-0.4, -0.2) is 22.3 Å². The van der Waals surface area contributed by atoms with Crippen LogP contribution in [0.25, 0.3) is 11.1 Å². The van der Waals surface area contributed by atoms with Crippen LogP contribution in [0.2, 0.25) is 0 Å². The molecule has 1 atom stereocenters. The Bertz CT molecular complexity index is 1060. The molecule has 3 aromatic heterocycles. The van der Waals surface area contributed by atoms with Crippen molar-refractivity contribution < 1.29 is 4.79 Å². The Hall–Kier alpha value is -3.56. The van der Waals surface area contributed by atoms with Crippen LogP contribution in [0.15, 0.2) is 72.6 Å². The molecule has 1 unspecified atom stereocenters. The second-order valence-corrected chi connectivity index (χ2v) is 6.79. The summed E-state index contributed by atoms with van der Waals surface area (Å²) >= 11 is 1.37. The lowest BCUT2D eigenvalue weighted by Crippen LogP contribution is -2.35. The zero-order valence-electron chi connectivity index (χ0n) is 14.2. The minimum absolute atomic E-state index is 0.552. The maximum absolute atomic E-state index is 12.1. The van der Waals surface area contributed by atoms with Gasteiger partial charge in [-0.25, -0.2) is 0 Å². The number of nitriles is 1. The number of aldehydes is 1. The van der Waals surface area contributed by atoms with Crippen molar-refractivity contribution in [3.63, 3.8) is 0 Å². The molecule has 6 heteroatoms. The van der Waals surface area contributed by atoms with Crippen molar-refractivity contribution >= 4 is 34.5 Å². The molecule has 0 aromatic carbocycles. The first kappa shape index (κ1) is 16.9. The summed E-state index contributed by atoms with van der Waals surface area (Å²) in [5.41, 5.74) is 4.00. The third-order valence-electron chi connectivity index (χ3n) is 4.32. The van der Waals surface area contributed by atoms with Crippen LogP contribution >= 0.6 is 11.3 Å². The fourth-order valence-corrected chi connectivity index (χ4v) is 3.79. The van der Waals surface area contributed by atoms with E-state index >= 15 is 0 Å². The monoisotopic (exact) mass is 370 g/mol. The number of hydrogen-bond donors (Lipinski definition) is 0. The molecule has 4 heterocycles. The predicted octanol–water partition coefficient (Wildman–Crippen LogP) is 3.92. The molecule has 0 saturated heterocycles. The largest absolute Gasteiger partial charge is 0.332 e. The summed E-state index contributed by atoms with van der Waals surface area (Å²) in [6, 6.07) is 13.0. The van der Waals surface area contributed by atoms with Crippen molar-refractivity contribution in [1.82, 2.24) is 9.97 Å². The standard InChI is InChI=1S/C21H14N4OS/c22-11-21-17(6-9-27-21)18-10-15(19-5-1-2-8-24-19)13-25(20(18)14-26)16-4-3-7-23-12-16/h1-10,12-14,20H. The van der Waals surface area contributed by atoms with Gasteiger partial charge in [0.25, 0.3) is 0 Å². The maximum Gasteiger partial charge on any atom is 0.147 e. The molecule has 0 N–H and O–H groups in total. The van der Waals surface area contributed by atoms with Gasteiger partial charge < -0.3 is 9.69 Å². The molecule has 1 aliphatic heterocycles. The third kappa shape index (κ3) is 3.16. The molecule has 0 spiro atoms. The van der Waals surface area contributed by atoms with Gasteiger partial charge in [-0.1, -0.05) is 6.07 Å². The molecule has 5 nitrogen and oxygen atoms in total. The van der Waals surface area contributed by atoms with Gasteiger partial charge in [-0.2, -0.15) is 5.26 Å². The molecule has 27 heavy (non-hydrogen) atoms. The quantitative estimate of drug-likeness (QED) is 0.651. The fraction of sp³-hybridized carbons (Fsp3) is 0.0476. The second kappa shape index (κ2) is 7.36.